The molecular formula is C15H21N3O. The number of anilines is 1. The molecule has 2 aliphatic carbocycles. The molecule has 4 N–H and O–H groups in total. The minimum atomic E-state index is 0.0352. The van der Waals surface area contributed by atoms with Gasteiger partial charge in [0.1, 0.15) is 0 Å². The van der Waals surface area contributed by atoms with Gasteiger partial charge in [0.05, 0.1) is 0 Å². The lowest BCUT2D eigenvalue weighted by molar-refractivity contribution is 0.0942. The van der Waals surface area contributed by atoms with E-state index < -0.39 is 0 Å². The van der Waals surface area contributed by atoms with Crippen molar-refractivity contribution in [2.45, 2.75) is 32.6 Å². The molecule has 3 rings (SSSR count). The lowest BCUT2D eigenvalue weighted by Gasteiger charge is -2.16. The van der Waals surface area contributed by atoms with Gasteiger partial charge in [0, 0.05) is 17.8 Å². The molecule has 0 unspecified atom stereocenters. The topological polar surface area (TPSA) is 67.1 Å². The van der Waals surface area contributed by atoms with Gasteiger partial charge >= 0.3 is 0 Å². The summed E-state index contributed by atoms with van der Waals surface area (Å²) in [4.78, 5) is 12.2. The number of nitrogen functional groups attached to an aromatic ring is 1. The standard InChI is InChI=1S/C15H21N3O/c1-10-8-12(18-16)4-5-13(10)14(19)17-9-15(6-7-15)11-2-3-11/h4-5,8,11,18H,2-3,6-7,9,16H2,1H3,(H,17,19). The molecule has 19 heavy (non-hydrogen) atoms. The highest BCUT2D eigenvalue weighted by Gasteiger charge is 2.53. The molecule has 4 nitrogen and oxygen atoms in total. The van der Waals surface area contributed by atoms with E-state index in [1.165, 1.54) is 25.7 Å². The van der Waals surface area contributed by atoms with Crippen molar-refractivity contribution in [3.8, 4) is 0 Å². The third-order valence-corrected chi connectivity index (χ3v) is 4.57. The molecule has 0 radical (unpaired) electrons. The van der Waals surface area contributed by atoms with Crippen LogP contribution in [0, 0.1) is 18.3 Å². The molecular weight excluding hydrogens is 238 g/mol. The van der Waals surface area contributed by atoms with Crippen LogP contribution in [-0.2, 0) is 0 Å². The molecule has 102 valence electrons. The minimum absolute atomic E-state index is 0.0352. The maximum atomic E-state index is 12.2. The number of rotatable bonds is 5. The fraction of sp³-hybridized carbons (Fsp3) is 0.533. The summed E-state index contributed by atoms with van der Waals surface area (Å²) in [5.74, 6) is 6.27. The molecule has 2 saturated carbocycles. The number of nitrogens with two attached hydrogens (primary N) is 1. The summed E-state index contributed by atoms with van der Waals surface area (Å²) in [7, 11) is 0. The van der Waals surface area contributed by atoms with Gasteiger partial charge in [-0.2, -0.15) is 0 Å². The van der Waals surface area contributed by atoms with Crippen LogP contribution in [0.3, 0.4) is 0 Å². The van der Waals surface area contributed by atoms with Crippen LogP contribution in [0.15, 0.2) is 18.2 Å². The van der Waals surface area contributed by atoms with Gasteiger partial charge in [-0.3, -0.25) is 10.6 Å². The summed E-state index contributed by atoms with van der Waals surface area (Å²) in [6.07, 6.45) is 5.28. The van der Waals surface area contributed by atoms with Crippen molar-refractivity contribution >= 4 is 11.6 Å². The minimum Gasteiger partial charge on any atom is -0.351 e. The first-order chi connectivity index (χ1) is 9.14. The van der Waals surface area contributed by atoms with Gasteiger partial charge in [0.15, 0.2) is 0 Å². The zero-order valence-corrected chi connectivity index (χ0v) is 11.3. The highest BCUT2D eigenvalue weighted by atomic mass is 16.1. The average Bonchev–Trinajstić information content (AvgIpc) is 3.28. The van der Waals surface area contributed by atoms with Gasteiger partial charge in [-0.15, -0.1) is 0 Å². The van der Waals surface area contributed by atoms with Gasteiger partial charge < -0.3 is 10.7 Å². The maximum Gasteiger partial charge on any atom is 0.251 e. The molecule has 0 heterocycles. The van der Waals surface area contributed by atoms with Crippen molar-refractivity contribution < 1.29 is 4.79 Å². The molecule has 0 atom stereocenters. The van der Waals surface area contributed by atoms with Crippen LogP contribution in [0.1, 0.15) is 41.6 Å². The van der Waals surface area contributed by atoms with Gasteiger partial charge in [0.2, 0.25) is 0 Å². The van der Waals surface area contributed by atoms with Crippen LogP contribution in [0.2, 0.25) is 0 Å². The Kier molecular flexibility index (Phi) is 2.97. The van der Waals surface area contributed by atoms with Gasteiger partial charge in [-0.1, -0.05) is 0 Å². The number of nitrogens with one attached hydrogen (secondary N) is 2. The first-order valence-electron chi connectivity index (χ1n) is 7.00. The van der Waals surface area contributed by atoms with E-state index in [-0.39, 0.29) is 5.91 Å². The third kappa shape index (κ3) is 2.45. The van der Waals surface area contributed by atoms with Crippen LogP contribution in [0.5, 0.6) is 0 Å². The summed E-state index contributed by atoms with van der Waals surface area (Å²) < 4.78 is 0. The van der Waals surface area contributed by atoms with Crippen molar-refractivity contribution in [1.82, 2.24) is 5.32 Å². The van der Waals surface area contributed by atoms with E-state index in [0.29, 0.717) is 5.41 Å². The van der Waals surface area contributed by atoms with E-state index in [1.807, 2.05) is 25.1 Å². The summed E-state index contributed by atoms with van der Waals surface area (Å²) in [5, 5.41) is 3.11. The second kappa shape index (κ2) is 4.53. The number of carbonyl (C=O) groups excluding carboxylic acids is 1. The number of amides is 1. The number of hydrogen-bond donors (Lipinski definition) is 3. The van der Waals surface area contributed by atoms with Crippen molar-refractivity contribution in [1.29, 1.82) is 0 Å². The number of benzene rings is 1. The Morgan fingerprint density at radius 3 is 2.68 bits per heavy atom. The highest BCUT2D eigenvalue weighted by molar-refractivity contribution is 5.96. The molecule has 1 amide bonds. The number of hydrazine groups is 1. The van der Waals surface area contributed by atoms with Crippen LogP contribution < -0.4 is 16.6 Å². The lowest BCUT2D eigenvalue weighted by Crippen LogP contribution is -2.31. The second-order valence-electron chi connectivity index (χ2n) is 5.99. The van der Waals surface area contributed by atoms with Crippen molar-refractivity contribution in [2.24, 2.45) is 17.2 Å². The van der Waals surface area contributed by atoms with E-state index in [0.717, 1.165) is 29.3 Å². The van der Waals surface area contributed by atoms with Crippen LogP contribution in [0.25, 0.3) is 0 Å². The molecule has 0 aromatic heterocycles. The number of hydrogen-bond acceptors (Lipinski definition) is 3. The van der Waals surface area contributed by atoms with Gasteiger partial charge in [-0.25, -0.2) is 0 Å². The highest BCUT2D eigenvalue weighted by Crippen LogP contribution is 2.60. The smallest absolute Gasteiger partial charge is 0.251 e. The summed E-state index contributed by atoms with van der Waals surface area (Å²) in [6.45, 7) is 2.77. The van der Waals surface area contributed by atoms with Gasteiger partial charge in [-0.05, 0) is 67.7 Å². The zero-order valence-electron chi connectivity index (χ0n) is 11.3. The van der Waals surface area contributed by atoms with E-state index in [2.05, 4.69) is 10.7 Å². The molecule has 2 fully saturated rings. The molecule has 2 aliphatic rings. The monoisotopic (exact) mass is 259 g/mol. The van der Waals surface area contributed by atoms with Crippen LogP contribution in [0.4, 0.5) is 5.69 Å². The predicted molar refractivity (Wildman–Crippen MR) is 75.7 cm³/mol. The Morgan fingerprint density at radius 2 is 2.16 bits per heavy atom. The Balaban J connectivity index is 1.63. The van der Waals surface area contributed by atoms with Crippen LogP contribution >= 0.6 is 0 Å². The molecule has 0 aliphatic heterocycles. The maximum absolute atomic E-state index is 12.2. The molecule has 4 heteroatoms. The Bertz CT molecular complexity index is 504. The van der Waals surface area contributed by atoms with Crippen molar-refractivity contribution in [2.75, 3.05) is 12.0 Å². The fourth-order valence-electron chi connectivity index (χ4n) is 2.95. The quantitative estimate of drug-likeness (QED) is 0.561. The Labute approximate surface area is 113 Å². The summed E-state index contributed by atoms with van der Waals surface area (Å²) in [6, 6.07) is 5.55. The Morgan fingerprint density at radius 1 is 1.42 bits per heavy atom. The third-order valence-electron chi connectivity index (χ3n) is 4.57. The van der Waals surface area contributed by atoms with E-state index in [4.69, 9.17) is 5.84 Å². The van der Waals surface area contributed by atoms with Crippen molar-refractivity contribution in [3.63, 3.8) is 0 Å². The van der Waals surface area contributed by atoms with E-state index in [1.54, 1.807) is 0 Å². The SMILES string of the molecule is Cc1cc(NN)ccc1C(=O)NCC1(C2CC2)CC1. The normalized spacial score (nSPS) is 19.9. The Hall–Kier alpha value is -1.55. The largest absolute Gasteiger partial charge is 0.351 e. The number of aryl methyl sites for hydroxylation is 1. The zero-order chi connectivity index (χ0) is 13.5. The van der Waals surface area contributed by atoms with Crippen LogP contribution in [-0.4, -0.2) is 12.5 Å². The van der Waals surface area contributed by atoms with Gasteiger partial charge in [0.25, 0.3) is 5.91 Å². The molecule has 0 spiro atoms. The van der Waals surface area contributed by atoms with E-state index >= 15 is 0 Å². The van der Waals surface area contributed by atoms with Crippen molar-refractivity contribution in [3.05, 3.63) is 29.3 Å². The summed E-state index contributed by atoms with van der Waals surface area (Å²) >= 11 is 0. The first-order valence-corrected chi connectivity index (χ1v) is 7.00. The lowest BCUT2D eigenvalue weighted by atomic mass is 10.0. The first kappa shape index (κ1) is 12.5. The number of carbonyl (C=O) groups is 1. The predicted octanol–water partition coefficient (Wildman–Crippen LogP) is 2.20. The average molecular weight is 259 g/mol. The second-order valence-corrected chi connectivity index (χ2v) is 5.99. The van der Waals surface area contributed by atoms with E-state index in [9.17, 15) is 4.79 Å². The summed E-state index contributed by atoms with van der Waals surface area (Å²) in [5.41, 5.74) is 5.55. The molecule has 1 aromatic carbocycles. The molecule has 0 bridgehead atoms. The molecule has 0 saturated heterocycles. The molecule has 1 aromatic rings. The fourth-order valence-corrected chi connectivity index (χ4v) is 2.95.